The van der Waals surface area contributed by atoms with Gasteiger partial charge in [-0.2, -0.15) is 0 Å². The van der Waals surface area contributed by atoms with Crippen LogP contribution in [-0.2, 0) is 10.0 Å². The quantitative estimate of drug-likeness (QED) is 0.774. The molecule has 114 valence electrons. The molecule has 0 bridgehead atoms. The van der Waals surface area contributed by atoms with E-state index in [9.17, 15) is 8.42 Å². The Hall–Kier alpha value is -1.14. The molecule has 0 amide bonds. The number of hydrogen-bond donors (Lipinski definition) is 2. The van der Waals surface area contributed by atoms with Gasteiger partial charge >= 0.3 is 0 Å². The highest BCUT2D eigenvalue weighted by atomic mass is 32.2. The molecule has 0 saturated carbocycles. The molecule has 0 aliphatic heterocycles. The summed E-state index contributed by atoms with van der Waals surface area (Å²) >= 11 is 0. The Kier molecular flexibility index (Phi) is 6.42. The lowest BCUT2D eigenvalue weighted by atomic mass is 10.0. The fraction of sp³-hybridized carbons (Fsp3) is 0.643. The molecule has 0 aromatic carbocycles. The van der Waals surface area contributed by atoms with Gasteiger partial charge in [0.15, 0.2) is 0 Å². The molecular weight excluding hydrogens is 274 g/mol. The van der Waals surface area contributed by atoms with Crippen LogP contribution < -0.4 is 10.0 Å². The van der Waals surface area contributed by atoms with Crippen LogP contribution in [0.1, 0.15) is 40.5 Å². The summed E-state index contributed by atoms with van der Waals surface area (Å²) in [6.45, 7) is 8.66. The Morgan fingerprint density at radius 2 is 2.00 bits per heavy atom. The van der Waals surface area contributed by atoms with Gasteiger partial charge in [-0.05, 0) is 38.3 Å². The molecule has 1 aromatic heterocycles. The summed E-state index contributed by atoms with van der Waals surface area (Å²) in [7, 11) is -3.54. The van der Waals surface area contributed by atoms with Gasteiger partial charge in [0, 0.05) is 18.8 Å². The predicted octanol–water partition coefficient (Wildman–Crippen LogP) is 2.62. The van der Waals surface area contributed by atoms with Crippen molar-refractivity contribution >= 4 is 15.8 Å². The number of pyridine rings is 1. The van der Waals surface area contributed by atoms with Crippen LogP contribution in [0, 0.1) is 5.92 Å². The van der Waals surface area contributed by atoms with E-state index in [2.05, 4.69) is 28.9 Å². The minimum Gasteiger partial charge on any atom is -0.369 e. The Morgan fingerprint density at radius 1 is 1.30 bits per heavy atom. The summed E-state index contributed by atoms with van der Waals surface area (Å²) in [6, 6.07) is 3.11. The fourth-order valence-corrected chi connectivity index (χ4v) is 3.44. The first-order chi connectivity index (χ1) is 9.40. The van der Waals surface area contributed by atoms with E-state index >= 15 is 0 Å². The van der Waals surface area contributed by atoms with Crippen molar-refractivity contribution in [1.29, 1.82) is 0 Å². The zero-order valence-corrected chi connectivity index (χ0v) is 13.5. The number of aromatic nitrogens is 1. The van der Waals surface area contributed by atoms with Gasteiger partial charge < -0.3 is 5.32 Å². The Labute approximate surface area is 122 Å². The molecule has 0 saturated heterocycles. The summed E-state index contributed by atoms with van der Waals surface area (Å²) in [5.74, 6) is 0.896. The first-order valence-electron chi connectivity index (χ1n) is 7.11. The van der Waals surface area contributed by atoms with Crippen LogP contribution in [0.4, 0.5) is 5.82 Å². The van der Waals surface area contributed by atoms with Crippen LogP contribution in [-0.4, -0.2) is 26.0 Å². The van der Waals surface area contributed by atoms with E-state index in [0.29, 0.717) is 18.3 Å². The van der Waals surface area contributed by atoms with E-state index in [0.717, 1.165) is 12.8 Å². The highest BCUT2D eigenvalue weighted by Crippen LogP contribution is 2.19. The first kappa shape index (κ1) is 16.9. The van der Waals surface area contributed by atoms with Crippen LogP contribution in [0.3, 0.4) is 0 Å². The summed E-state index contributed by atoms with van der Waals surface area (Å²) in [4.78, 5) is 4.30. The monoisotopic (exact) mass is 299 g/mol. The molecule has 0 radical (unpaired) electrons. The fourth-order valence-electron chi connectivity index (χ4n) is 2.05. The van der Waals surface area contributed by atoms with Crippen molar-refractivity contribution in [1.82, 2.24) is 9.71 Å². The smallest absolute Gasteiger partial charge is 0.244 e. The maximum Gasteiger partial charge on any atom is 0.244 e. The molecule has 2 atom stereocenters. The van der Waals surface area contributed by atoms with Gasteiger partial charge in [-0.15, -0.1) is 0 Å². The SMILES string of the molecule is CCNc1ncccc1S(=O)(=O)NC(C)CC(C)CC. The van der Waals surface area contributed by atoms with E-state index in [1.165, 1.54) is 0 Å². The summed E-state index contributed by atoms with van der Waals surface area (Å²) in [5.41, 5.74) is 0. The third-order valence-corrected chi connectivity index (χ3v) is 4.83. The number of nitrogens with zero attached hydrogens (tertiary/aromatic N) is 1. The van der Waals surface area contributed by atoms with Crippen LogP contribution in [0.25, 0.3) is 0 Å². The average Bonchev–Trinajstić information content (AvgIpc) is 2.38. The van der Waals surface area contributed by atoms with Gasteiger partial charge in [-0.1, -0.05) is 20.3 Å². The van der Waals surface area contributed by atoms with Crippen molar-refractivity contribution in [2.24, 2.45) is 5.92 Å². The van der Waals surface area contributed by atoms with Gasteiger partial charge in [0.2, 0.25) is 10.0 Å². The lowest BCUT2D eigenvalue weighted by Crippen LogP contribution is -2.34. The van der Waals surface area contributed by atoms with Crippen molar-refractivity contribution in [2.45, 2.75) is 51.5 Å². The second-order valence-electron chi connectivity index (χ2n) is 5.15. The largest absolute Gasteiger partial charge is 0.369 e. The van der Waals surface area contributed by atoms with E-state index in [4.69, 9.17) is 0 Å². The summed E-state index contributed by atoms with van der Waals surface area (Å²) in [6.07, 6.45) is 3.45. The van der Waals surface area contributed by atoms with Crippen molar-refractivity contribution in [2.75, 3.05) is 11.9 Å². The zero-order chi connectivity index (χ0) is 15.2. The number of rotatable bonds is 8. The van der Waals surface area contributed by atoms with E-state index in [1.807, 2.05) is 13.8 Å². The number of sulfonamides is 1. The Balaban J connectivity index is 2.88. The minimum absolute atomic E-state index is 0.0929. The van der Waals surface area contributed by atoms with Gasteiger partial charge in [-0.25, -0.2) is 18.1 Å². The Bertz CT molecular complexity index is 517. The maximum atomic E-state index is 12.4. The second-order valence-corrected chi connectivity index (χ2v) is 6.83. The number of nitrogens with one attached hydrogen (secondary N) is 2. The zero-order valence-electron chi connectivity index (χ0n) is 12.7. The van der Waals surface area contributed by atoms with Crippen molar-refractivity contribution in [3.8, 4) is 0 Å². The van der Waals surface area contributed by atoms with Crippen LogP contribution in [0.5, 0.6) is 0 Å². The maximum absolute atomic E-state index is 12.4. The van der Waals surface area contributed by atoms with Gasteiger partial charge in [0.25, 0.3) is 0 Å². The third kappa shape index (κ3) is 4.76. The highest BCUT2D eigenvalue weighted by Gasteiger charge is 2.22. The van der Waals surface area contributed by atoms with Crippen molar-refractivity contribution in [3.05, 3.63) is 18.3 Å². The summed E-state index contributed by atoms with van der Waals surface area (Å²) in [5, 5.41) is 2.98. The second kappa shape index (κ2) is 7.59. The van der Waals surface area contributed by atoms with Gasteiger partial charge in [0.1, 0.15) is 10.7 Å². The van der Waals surface area contributed by atoms with Crippen molar-refractivity contribution in [3.63, 3.8) is 0 Å². The Morgan fingerprint density at radius 3 is 2.60 bits per heavy atom. The molecule has 0 aliphatic carbocycles. The minimum atomic E-state index is -3.54. The predicted molar refractivity (Wildman–Crippen MR) is 82.3 cm³/mol. The van der Waals surface area contributed by atoms with E-state index < -0.39 is 10.0 Å². The normalized spacial score (nSPS) is 14.8. The first-order valence-corrected chi connectivity index (χ1v) is 8.60. The topological polar surface area (TPSA) is 71.1 Å². The molecule has 2 unspecified atom stereocenters. The lowest BCUT2D eigenvalue weighted by molar-refractivity contribution is 0.445. The summed E-state index contributed by atoms with van der Waals surface area (Å²) < 4.78 is 27.6. The van der Waals surface area contributed by atoms with E-state index in [-0.39, 0.29) is 10.9 Å². The van der Waals surface area contributed by atoms with Gasteiger partial charge in [0.05, 0.1) is 0 Å². The molecular formula is C14H25N3O2S. The molecule has 6 heteroatoms. The molecule has 1 aromatic rings. The molecule has 0 spiro atoms. The van der Waals surface area contributed by atoms with E-state index in [1.54, 1.807) is 18.3 Å². The lowest BCUT2D eigenvalue weighted by Gasteiger charge is -2.18. The third-order valence-electron chi connectivity index (χ3n) is 3.21. The molecule has 20 heavy (non-hydrogen) atoms. The van der Waals surface area contributed by atoms with Crippen LogP contribution >= 0.6 is 0 Å². The van der Waals surface area contributed by atoms with Crippen LogP contribution in [0.2, 0.25) is 0 Å². The van der Waals surface area contributed by atoms with Gasteiger partial charge in [-0.3, -0.25) is 0 Å². The average molecular weight is 299 g/mol. The number of anilines is 1. The van der Waals surface area contributed by atoms with Crippen LogP contribution in [0.15, 0.2) is 23.2 Å². The highest BCUT2D eigenvalue weighted by molar-refractivity contribution is 7.89. The number of hydrogen-bond acceptors (Lipinski definition) is 4. The molecule has 2 N–H and O–H groups in total. The molecule has 1 heterocycles. The molecule has 0 fully saturated rings. The molecule has 0 aliphatic rings. The van der Waals surface area contributed by atoms with Crippen molar-refractivity contribution < 1.29 is 8.42 Å². The molecule has 1 rings (SSSR count). The molecule has 5 nitrogen and oxygen atoms in total. The standard InChI is InChI=1S/C14H25N3O2S/c1-5-11(3)10-12(4)17-20(18,19)13-8-7-9-16-14(13)15-6-2/h7-9,11-12,17H,5-6,10H2,1-4H3,(H,15,16).